The minimum absolute atomic E-state index is 0.0499. The van der Waals surface area contributed by atoms with E-state index in [-0.39, 0.29) is 24.6 Å². The van der Waals surface area contributed by atoms with E-state index in [0.29, 0.717) is 62.0 Å². The van der Waals surface area contributed by atoms with Crippen LogP contribution in [-0.4, -0.2) is 101 Å². The van der Waals surface area contributed by atoms with Crippen molar-refractivity contribution in [1.29, 1.82) is 0 Å². The van der Waals surface area contributed by atoms with Crippen molar-refractivity contribution in [3.05, 3.63) is 88.3 Å². The Bertz CT molecular complexity index is 1600. The number of likely N-dealkylation sites (tertiary alicyclic amines) is 2. The van der Waals surface area contributed by atoms with Crippen molar-refractivity contribution >= 4 is 11.8 Å². The Morgan fingerprint density at radius 2 is 1.38 bits per heavy atom. The maximum absolute atomic E-state index is 13.8. The molecule has 2 aromatic carbocycles. The van der Waals surface area contributed by atoms with E-state index in [1.54, 1.807) is 13.0 Å². The lowest BCUT2D eigenvalue weighted by Gasteiger charge is -2.47. The summed E-state index contributed by atoms with van der Waals surface area (Å²) in [5, 5.41) is 3.88. The standard InChI is InChI=1S/C36H41F6N5O3/c1-24-18-32(43-50-24)34(49)46-11-5-8-29(9-12-46)44-14-16-45(17-15-44)30-10-13-47(31(23-30)19-25-6-3-2-4-7-25)33(48)26-20-27(35(37,38)39)22-28(21-26)36(40,41)42/h2-4,6-7,18,20-22,29-31H,5,8-17,19,23H2,1H3. The predicted molar refractivity (Wildman–Crippen MR) is 172 cm³/mol. The fourth-order valence-corrected chi connectivity index (χ4v) is 7.70. The van der Waals surface area contributed by atoms with Gasteiger partial charge in [-0.2, -0.15) is 26.3 Å². The van der Waals surface area contributed by atoms with Gasteiger partial charge in [-0.25, -0.2) is 0 Å². The average Bonchev–Trinajstić information content (AvgIpc) is 3.38. The Morgan fingerprint density at radius 3 is 1.98 bits per heavy atom. The van der Waals surface area contributed by atoms with Crippen LogP contribution in [0.15, 0.2) is 59.1 Å². The first-order valence-corrected chi connectivity index (χ1v) is 17.1. The number of piperidine rings is 1. The van der Waals surface area contributed by atoms with Crippen LogP contribution in [-0.2, 0) is 18.8 Å². The zero-order valence-electron chi connectivity index (χ0n) is 27.8. The number of piperazine rings is 1. The van der Waals surface area contributed by atoms with E-state index in [1.165, 1.54) is 4.90 Å². The highest BCUT2D eigenvalue weighted by atomic mass is 19.4. The number of hydrogen-bond donors (Lipinski definition) is 0. The van der Waals surface area contributed by atoms with Crippen molar-refractivity contribution < 1.29 is 40.5 Å². The molecule has 3 saturated heterocycles. The molecule has 3 aliphatic rings. The summed E-state index contributed by atoms with van der Waals surface area (Å²) in [6.45, 7) is 6.57. The quantitative estimate of drug-likeness (QED) is 0.271. The molecule has 3 unspecified atom stereocenters. The van der Waals surface area contributed by atoms with Crippen LogP contribution >= 0.6 is 0 Å². The Morgan fingerprint density at radius 1 is 0.760 bits per heavy atom. The normalized spacial score (nSPS) is 23.1. The lowest BCUT2D eigenvalue weighted by atomic mass is 9.90. The monoisotopic (exact) mass is 705 g/mol. The van der Waals surface area contributed by atoms with Crippen molar-refractivity contribution in [2.24, 2.45) is 0 Å². The third-order valence-corrected chi connectivity index (χ3v) is 10.3. The summed E-state index contributed by atoms with van der Waals surface area (Å²) in [6.07, 6.45) is -5.83. The number of carbonyl (C=O) groups excluding carboxylic acids is 2. The number of benzene rings is 2. The maximum Gasteiger partial charge on any atom is 0.416 e. The molecule has 3 atom stereocenters. The second-order valence-electron chi connectivity index (χ2n) is 13.6. The van der Waals surface area contributed by atoms with Gasteiger partial charge in [-0.1, -0.05) is 35.5 Å². The molecule has 0 spiro atoms. The van der Waals surface area contributed by atoms with Crippen molar-refractivity contribution in [3.8, 4) is 0 Å². The van der Waals surface area contributed by atoms with E-state index in [2.05, 4.69) is 15.0 Å². The van der Waals surface area contributed by atoms with E-state index >= 15 is 0 Å². The molecule has 0 N–H and O–H groups in total. The fourth-order valence-electron chi connectivity index (χ4n) is 7.70. The third-order valence-electron chi connectivity index (χ3n) is 10.3. The van der Waals surface area contributed by atoms with Gasteiger partial charge in [0, 0.05) is 75.6 Å². The van der Waals surface area contributed by atoms with Gasteiger partial charge in [-0.15, -0.1) is 0 Å². The fraction of sp³-hybridized carbons (Fsp3) is 0.528. The Labute approximate surface area is 287 Å². The largest absolute Gasteiger partial charge is 0.416 e. The van der Waals surface area contributed by atoms with Gasteiger partial charge < -0.3 is 14.3 Å². The number of nitrogens with zero attached hydrogens (tertiary/aromatic N) is 5. The minimum Gasteiger partial charge on any atom is -0.361 e. The van der Waals surface area contributed by atoms with Crippen LogP contribution in [0.4, 0.5) is 26.3 Å². The molecule has 270 valence electrons. The van der Waals surface area contributed by atoms with Crippen LogP contribution in [0.1, 0.15) is 75.4 Å². The second kappa shape index (κ2) is 14.7. The molecular weight excluding hydrogens is 664 g/mol. The smallest absolute Gasteiger partial charge is 0.361 e. The molecule has 1 aromatic heterocycles. The maximum atomic E-state index is 13.8. The Kier molecular flexibility index (Phi) is 10.6. The lowest BCUT2D eigenvalue weighted by molar-refractivity contribution is -0.143. The molecule has 3 fully saturated rings. The molecule has 50 heavy (non-hydrogen) atoms. The first-order chi connectivity index (χ1) is 23.8. The van der Waals surface area contributed by atoms with E-state index in [1.807, 2.05) is 35.2 Å². The molecule has 8 nitrogen and oxygen atoms in total. The van der Waals surface area contributed by atoms with Crippen LogP contribution in [0.2, 0.25) is 0 Å². The molecule has 3 aromatic rings. The zero-order chi connectivity index (χ0) is 35.6. The molecule has 2 amide bonds. The summed E-state index contributed by atoms with van der Waals surface area (Å²) < 4.78 is 86.8. The van der Waals surface area contributed by atoms with Crippen molar-refractivity contribution in [2.45, 2.75) is 75.9 Å². The third kappa shape index (κ3) is 8.34. The SMILES string of the molecule is Cc1cc(C(=O)N2CCCC(N3CCN(C4CCN(C(=O)c5cc(C(F)(F)F)cc(C(F)(F)F)c5)C(Cc5ccccc5)C4)CC3)CC2)no1. The summed E-state index contributed by atoms with van der Waals surface area (Å²) >= 11 is 0. The topological polar surface area (TPSA) is 73.1 Å². The Hall–Kier alpha value is -3.91. The minimum atomic E-state index is -5.04. The van der Waals surface area contributed by atoms with E-state index in [9.17, 15) is 35.9 Å². The summed E-state index contributed by atoms with van der Waals surface area (Å²) in [6, 6.07) is 12.2. The molecule has 0 bridgehead atoms. The molecular formula is C36H41F6N5O3. The van der Waals surface area contributed by atoms with Crippen LogP contribution in [0, 0.1) is 6.92 Å². The Balaban J connectivity index is 1.11. The van der Waals surface area contributed by atoms with Crippen LogP contribution in [0.3, 0.4) is 0 Å². The average molecular weight is 706 g/mol. The van der Waals surface area contributed by atoms with Crippen LogP contribution in [0.25, 0.3) is 0 Å². The van der Waals surface area contributed by atoms with Gasteiger partial charge in [0.1, 0.15) is 5.76 Å². The summed E-state index contributed by atoms with van der Waals surface area (Å²) in [7, 11) is 0. The number of carbonyl (C=O) groups is 2. The number of hydrogen-bond acceptors (Lipinski definition) is 6. The van der Waals surface area contributed by atoms with Crippen LogP contribution in [0.5, 0.6) is 0 Å². The molecule has 0 aliphatic carbocycles. The van der Waals surface area contributed by atoms with Gasteiger partial charge in [-0.05, 0) is 69.2 Å². The number of rotatable bonds is 6. The zero-order valence-corrected chi connectivity index (χ0v) is 27.8. The number of alkyl halides is 6. The molecule has 6 rings (SSSR count). The van der Waals surface area contributed by atoms with E-state index < -0.39 is 41.0 Å². The van der Waals surface area contributed by atoms with Gasteiger partial charge in [0.25, 0.3) is 11.8 Å². The summed E-state index contributed by atoms with van der Waals surface area (Å²) in [5.41, 5.74) is -2.35. The number of halogens is 6. The van der Waals surface area contributed by atoms with Gasteiger partial charge in [-0.3, -0.25) is 19.4 Å². The highest BCUT2D eigenvalue weighted by Crippen LogP contribution is 2.37. The second-order valence-corrected chi connectivity index (χ2v) is 13.6. The number of aromatic nitrogens is 1. The van der Waals surface area contributed by atoms with Gasteiger partial charge in [0.2, 0.25) is 0 Å². The molecule has 0 saturated carbocycles. The first kappa shape index (κ1) is 35.9. The van der Waals surface area contributed by atoms with E-state index in [4.69, 9.17) is 4.52 Å². The molecule has 4 heterocycles. The first-order valence-electron chi connectivity index (χ1n) is 17.1. The molecule has 3 aliphatic heterocycles. The summed E-state index contributed by atoms with van der Waals surface area (Å²) in [5.74, 6) is -0.348. The molecule has 0 radical (unpaired) electrons. The summed E-state index contributed by atoms with van der Waals surface area (Å²) in [4.78, 5) is 34.9. The van der Waals surface area contributed by atoms with Crippen molar-refractivity contribution in [2.75, 3.05) is 45.8 Å². The molecule has 14 heteroatoms. The highest BCUT2D eigenvalue weighted by Gasteiger charge is 2.40. The van der Waals surface area contributed by atoms with Gasteiger partial charge >= 0.3 is 12.4 Å². The van der Waals surface area contributed by atoms with Gasteiger partial charge in [0.05, 0.1) is 11.1 Å². The van der Waals surface area contributed by atoms with Gasteiger partial charge in [0.15, 0.2) is 5.69 Å². The lowest BCUT2D eigenvalue weighted by Crippen LogP contribution is -2.58. The van der Waals surface area contributed by atoms with Crippen molar-refractivity contribution in [1.82, 2.24) is 24.8 Å². The predicted octanol–water partition coefficient (Wildman–Crippen LogP) is 6.55. The van der Waals surface area contributed by atoms with E-state index in [0.717, 1.165) is 51.0 Å². The highest BCUT2D eigenvalue weighted by molar-refractivity contribution is 5.95. The number of aryl methyl sites for hydroxylation is 1. The van der Waals surface area contributed by atoms with Crippen LogP contribution < -0.4 is 0 Å². The van der Waals surface area contributed by atoms with Crippen molar-refractivity contribution in [3.63, 3.8) is 0 Å². The number of amides is 2.